The van der Waals surface area contributed by atoms with Gasteiger partial charge in [0.15, 0.2) is 17.2 Å². The maximum absolute atomic E-state index is 15.8. The van der Waals surface area contributed by atoms with E-state index in [9.17, 15) is 18.7 Å². The third-order valence-electron chi connectivity index (χ3n) is 8.00. The summed E-state index contributed by atoms with van der Waals surface area (Å²) in [7, 11) is 0. The van der Waals surface area contributed by atoms with E-state index < -0.39 is 63.3 Å². The van der Waals surface area contributed by atoms with Crippen molar-refractivity contribution in [3.63, 3.8) is 0 Å². The van der Waals surface area contributed by atoms with E-state index in [0.29, 0.717) is 11.5 Å². The molecule has 11 heteroatoms. The van der Waals surface area contributed by atoms with Crippen molar-refractivity contribution in [3.8, 4) is 22.6 Å². The monoisotopic (exact) mass is 592 g/mol. The Labute approximate surface area is 239 Å². The first-order chi connectivity index (χ1) is 19.5. The number of halogens is 5. The van der Waals surface area contributed by atoms with Crippen LogP contribution in [0.5, 0.6) is 11.5 Å². The Morgan fingerprint density at radius 2 is 1.83 bits per heavy atom. The molecular weight excluding hydrogens is 564 g/mol. The lowest BCUT2D eigenvalue weighted by Gasteiger charge is -2.36. The summed E-state index contributed by atoms with van der Waals surface area (Å²) in [6.45, 7) is -1.09. The highest BCUT2D eigenvalue weighted by Gasteiger charge is 2.52. The van der Waals surface area contributed by atoms with Crippen molar-refractivity contribution >= 4 is 17.5 Å². The number of hydrogen-bond donors (Lipinski definition) is 3. The lowest BCUT2D eigenvalue weighted by molar-refractivity contribution is -0.0521. The summed E-state index contributed by atoms with van der Waals surface area (Å²) in [6, 6.07) is 11.7. The molecule has 218 valence electrons. The van der Waals surface area contributed by atoms with Crippen LogP contribution in [0.3, 0.4) is 0 Å². The van der Waals surface area contributed by atoms with Gasteiger partial charge in [-0.25, -0.2) is 8.78 Å². The molecule has 0 spiro atoms. The van der Waals surface area contributed by atoms with Gasteiger partial charge >= 0.3 is 6.61 Å². The van der Waals surface area contributed by atoms with Crippen LogP contribution < -0.4 is 20.5 Å². The first-order valence-electron chi connectivity index (χ1n) is 13.3. The quantitative estimate of drug-likeness (QED) is 0.261. The summed E-state index contributed by atoms with van der Waals surface area (Å²) < 4.78 is 67.8. The van der Waals surface area contributed by atoms with Crippen LogP contribution in [0.2, 0.25) is 5.02 Å². The Balaban J connectivity index is 1.68. The number of aliphatic hydroxyl groups excluding tert-OH is 1. The molecule has 2 atom stereocenters. The molecule has 6 nitrogen and oxygen atoms in total. The number of nitrogens with one attached hydrogen (secondary N) is 1. The Morgan fingerprint density at radius 3 is 2.46 bits per heavy atom. The van der Waals surface area contributed by atoms with Gasteiger partial charge in [-0.3, -0.25) is 4.79 Å². The SMILES string of the molecule is CC1CCC(NC[C@]2(c3ccccc3)Oc3cc(F)c(Cl)c(-c4c(C(N)=O)ccc(OC(F)F)c4F)c3[C@@H]2O)CC1. The maximum atomic E-state index is 15.8. The van der Waals surface area contributed by atoms with Gasteiger partial charge in [-0.2, -0.15) is 8.78 Å². The van der Waals surface area contributed by atoms with E-state index in [2.05, 4.69) is 17.0 Å². The van der Waals surface area contributed by atoms with Crippen LogP contribution in [-0.2, 0) is 5.60 Å². The number of alkyl halides is 2. The number of aliphatic hydroxyl groups is 1. The molecule has 0 saturated heterocycles. The van der Waals surface area contributed by atoms with Crippen LogP contribution in [0.4, 0.5) is 17.6 Å². The highest BCUT2D eigenvalue weighted by Crippen LogP contribution is 2.55. The molecular formula is C30H29ClF4N2O4. The highest BCUT2D eigenvalue weighted by molar-refractivity contribution is 6.34. The average Bonchev–Trinajstić information content (AvgIpc) is 3.22. The second-order valence-corrected chi connectivity index (χ2v) is 11.0. The first kappa shape index (κ1) is 29.2. The second-order valence-electron chi connectivity index (χ2n) is 10.6. The number of hydrogen-bond acceptors (Lipinski definition) is 5. The predicted octanol–water partition coefficient (Wildman–Crippen LogP) is 6.48. The minimum Gasteiger partial charge on any atom is -0.478 e. The van der Waals surface area contributed by atoms with Crippen LogP contribution in [0, 0.1) is 17.6 Å². The van der Waals surface area contributed by atoms with Gasteiger partial charge in [-0.05, 0) is 49.3 Å². The molecule has 1 aliphatic heterocycles. The highest BCUT2D eigenvalue weighted by atomic mass is 35.5. The molecule has 1 fully saturated rings. The predicted molar refractivity (Wildman–Crippen MR) is 145 cm³/mol. The van der Waals surface area contributed by atoms with E-state index in [1.165, 1.54) is 0 Å². The number of carbonyl (C=O) groups excluding carboxylic acids is 1. The number of carbonyl (C=O) groups is 1. The van der Waals surface area contributed by atoms with Crippen molar-refractivity contribution in [3.05, 3.63) is 81.9 Å². The van der Waals surface area contributed by atoms with Crippen LogP contribution in [0.15, 0.2) is 48.5 Å². The van der Waals surface area contributed by atoms with Gasteiger partial charge in [0.05, 0.1) is 10.6 Å². The zero-order valence-corrected chi connectivity index (χ0v) is 22.9. The molecule has 0 radical (unpaired) electrons. The lowest BCUT2D eigenvalue weighted by atomic mass is 9.82. The molecule has 1 amide bonds. The molecule has 0 unspecified atom stereocenters. The van der Waals surface area contributed by atoms with Crippen LogP contribution in [-0.4, -0.2) is 30.2 Å². The van der Waals surface area contributed by atoms with Gasteiger partial charge in [-0.15, -0.1) is 0 Å². The zero-order valence-electron chi connectivity index (χ0n) is 22.1. The second kappa shape index (κ2) is 11.5. The van der Waals surface area contributed by atoms with Gasteiger partial charge < -0.3 is 25.6 Å². The van der Waals surface area contributed by atoms with Gasteiger partial charge in [-0.1, -0.05) is 48.9 Å². The summed E-state index contributed by atoms with van der Waals surface area (Å²) in [5.41, 5.74) is 2.82. The Morgan fingerprint density at radius 1 is 1.15 bits per heavy atom. The van der Waals surface area contributed by atoms with Crippen molar-refractivity contribution in [1.82, 2.24) is 5.32 Å². The van der Waals surface area contributed by atoms with E-state index in [-0.39, 0.29) is 23.9 Å². The zero-order chi connectivity index (χ0) is 29.5. The molecule has 2 aliphatic rings. The van der Waals surface area contributed by atoms with E-state index >= 15 is 8.78 Å². The summed E-state index contributed by atoms with van der Waals surface area (Å²) in [4.78, 5) is 12.3. The summed E-state index contributed by atoms with van der Waals surface area (Å²) in [5.74, 6) is -4.04. The smallest absolute Gasteiger partial charge is 0.387 e. The molecule has 3 aromatic rings. The summed E-state index contributed by atoms with van der Waals surface area (Å²) in [5, 5.41) is 14.8. The van der Waals surface area contributed by atoms with E-state index in [0.717, 1.165) is 43.9 Å². The van der Waals surface area contributed by atoms with E-state index in [4.69, 9.17) is 22.1 Å². The molecule has 1 aliphatic carbocycles. The number of fused-ring (bicyclic) bond motifs is 1. The van der Waals surface area contributed by atoms with Gasteiger partial charge in [0.25, 0.3) is 0 Å². The number of nitrogens with two attached hydrogens (primary N) is 1. The largest absolute Gasteiger partial charge is 0.478 e. The molecule has 41 heavy (non-hydrogen) atoms. The van der Waals surface area contributed by atoms with Crippen molar-refractivity contribution in [2.24, 2.45) is 11.7 Å². The molecule has 0 bridgehead atoms. The van der Waals surface area contributed by atoms with E-state index in [1.54, 1.807) is 30.3 Å². The minimum absolute atomic E-state index is 0.101. The molecule has 0 aromatic heterocycles. The summed E-state index contributed by atoms with van der Waals surface area (Å²) >= 11 is 6.37. The van der Waals surface area contributed by atoms with Gasteiger partial charge in [0.1, 0.15) is 17.7 Å². The number of benzene rings is 3. The van der Waals surface area contributed by atoms with Crippen LogP contribution in [0.1, 0.15) is 60.2 Å². The van der Waals surface area contributed by atoms with Crippen LogP contribution in [0.25, 0.3) is 11.1 Å². The van der Waals surface area contributed by atoms with Crippen molar-refractivity contribution in [1.29, 1.82) is 0 Å². The van der Waals surface area contributed by atoms with Crippen molar-refractivity contribution in [2.75, 3.05) is 6.54 Å². The maximum Gasteiger partial charge on any atom is 0.387 e. The third-order valence-corrected chi connectivity index (χ3v) is 8.37. The Bertz CT molecular complexity index is 1450. The third kappa shape index (κ3) is 5.36. The fourth-order valence-electron chi connectivity index (χ4n) is 5.83. The van der Waals surface area contributed by atoms with Crippen LogP contribution >= 0.6 is 11.6 Å². The molecule has 3 aromatic carbocycles. The van der Waals surface area contributed by atoms with Crippen molar-refractivity contribution in [2.45, 2.75) is 57.0 Å². The number of primary amides is 1. The normalized spacial score (nSPS) is 23.8. The fraction of sp³-hybridized carbons (Fsp3) is 0.367. The van der Waals surface area contributed by atoms with Crippen molar-refractivity contribution < 1.29 is 36.9 Å². The number of rotatable bonds is 8. The van der Waals surface area contributed by atoms with Gasteiger partial charge in [0.2, 0.25) is 5.91 Å². The molecule has 5 rings (SSSR count). The Kier molecular flexibility index (Phi) is 8.18. The summed E-state index contributed by atoms with van der Waals surface area (Å²) in [6.07, 6.45) is 2.37. The topological polar surface area (TPSA) is 93.8 Å². The standard InChI is InChI=1S/C30H29ClF4N2O4/c1-15-7-9-17(10-8-15)37-14-30(16-5-3-2-4-6-16)27(38)23-21(41-30)13-19(32)25(31)24(23)22-18(28(36)39)11-12-20(26(22)33)40-29(34)35/h2-6,11-13,15,17,27,29,37-38H,7-10,14H2,1H3,(H2,36,39)/t15?,17?,27-,30+/m0/s1. The number of ether oxygens (including phenoxy) is 2. The molecule has 1 heterocycles. The van der Waals surface area contributed by atoms with E-state index in [1.807, 2.05) is 0 Å². The molecule has 1 saturated carbocycles. The Hall–Kier alpha value is -3.34. The lowest BCUT2D eigenvalue weighted by Crippen LogP contribution is -2.48. The first-order valence-corrected chi connectivity index (χ1v) is 13.7. The number of amides is 1. The molecule has 4 N–H and O–H groups in total. The minimum atomic E-state index is -3.39. The average molecular weight is 593 g/mol. The van der Waals surface area contributed by atoms with Gasteiger partial charge in [0, 0.05) is 35.3 Å². The fourth-order valence-corrected chi connectivity index (χ4v) is 6.08.